The van der Waals surface area contributed by atoms with E-state index in [1.54, 1.807) is 0 Å². The largest absolute Gasteiger partial charge is 0.365 e. The number of nitrogens with one attached hydrogen (secondary N) is 1. The predicted molar refractivity (Wildman–Crippen MR) is 116 cm³/mol. The summed E-state index contributed by atoms with van der Waals surface area (Å²) < 4.78 is 5.70. The van der Waals surface area contributed by atoms with Gasteiger partial charge in [0.15, 0.2) is 0 Å². The van der Waals surface area contributed by atoms with Gasteiger partial charge in [0.2, 0.25) is 5.91 Å². The lowest BCUT2D eigenvalue weighted by atomic mass is 9.95. The number of amides is 2. The zero-order chi connectivity index (χ0) is 21.1. The Labute approximate surface area is 179 Å². The van der Waals surface area contributed by atoms with Gasteiger partial charge in [-0.3, -0.25) is 9.59 Å². The van der Waals surface area contributed by atoms with Crippen LogP contribution in [0.3, 0.4) is 0 Å². The van der Waals surface area contributed by atoms with Crippen molar-refractivity contribution in [1.82, 2.24) is 15.1 Å². The van der Waals surface area contributed by atoms with Gasteiger partial charge in [-0.25, -0.2) is 0 Å². The molecule has 2 heterocycles. The minimum Gasteiger partial charge on any atom is -0.365 e. The molecule has 4 rings (SSSR count). The number of hydrogen-bond acceptors (Lipinski definition) is 4. The molecule has 0 unspecified atom stereocenters. The van der Waals surface area contributed by atoms with Crippen molar-refractivity contribution < 1.29 is 14.3 Å². The maximum absolute atomic E-state index is 12.5. The second-order valence-electron chi connectivity index (χ2n) is 9.45. The van der Waals surface area contributed by atoms with Gasteiger partial charge in [-0.05, 0) is 76.1 Å². The summed E-state index contributed by atoms with van der Waals surface area (Å²) in [6.07, 6.45) is 5.01. The molecule has 0 radical (unpaired) electrons. The molecule has 0 spiro atoms. The molecule has 1 aromatic rings. The van der Waals surface area contributed by atoms with Gasteiger partial charge in [-0.1, -0.05) is 17.7 Å². The molecule has 1 aromatic carbocycles. The smallest absolute Gasteiger partial charge is 0.251 e. The second-order valence-corrected chi connectivity index (χ2v) is 9.45. The molecule has 1 atom stereocenters. The van der Waals surface area contributed by atoms with Crippen molar-refractivity contribution >= 4 is 11.8 Å². The third kappa shape index (κ3) is 5.61. The summed E-state index contributed by atoms with van der Waals surface area (Å²) in [6, 6.07) is 5.84. The molecule has 2 aliphatic heterocycles. The third-order valence-electron chi connectivity index (χ3n) is 6.74. The number of rotatable bonds is 7. The van der Waals surface area contributed by atoms with Crippen LogP contribution in [-0.4, -0.2) is 73.6 Å². The summed E-state index contributed by atoms with van der Waals surface area (Å²) in [5.41, 5.74) is 2.82. The van der Waals surface area contributed by atoms with Crippen molar-refractivity contribution in [1.29, 1.82) is 0 Å². The molecular formula is C24H35N3O3. The molecule has 3 fully saturated rings. The number of carbonyl (C=O) groups excluding carboxylic acids is 2. The topological polar surface area (TPSA) is 61.9 Å². The zero-order valence-corrected chi connectivity index (χ0v) is 18.4. The zero-order valence-electron chi connectivity index (χ0n) is 18.4. The van der Waals surface area contributed by atoms with Gasteiger partial charge in [-0.15, -0.1) is 0 Å². The Morgan fingerprint density at radius 2 is 1.83 bits per heavy atom. The van der Waals surface area contributed by atoms with Crippen molar-refractivity contribution in [2.24, 2.45) is 11.8 Å². The maximum atomic E-state index is 12.5. The number of benzene rings is 1. The van der Waals surface area contributed by atoms with Crippen LogP contribution in [0.5, 0.6) is 0 Å². The summed E-state index contributed by atoms with van der Waals surface area (Å²) in [5, 5.41) is 2.99. The molecular weight excluding hydrogens is 378 g/mol. The molecule has 30 heavy (non-hydrogen) atoms. The number of likely N-dealkylation sites (tertiary alicyclic amines) is 1. The van der Waals surface area contributed by atoms with Gasteiger partial charge < -0.3 is 19.9 Å². The molecule has 2 saturated heterocycles. The number of nitrogens with zero attached hydrogens (tertiary/aromatic N) is 2. The molecule has 3 aliphatic rings. The number of piperidine rings is 1. The number of aryl methyl sites for hydroxylation is 2. The first-order valence-electron chi connectivity index (χ1n) is 11.4. The van der Waals surface area contributed by atoms with E-state index in [0.717, 1.165) is 36.7 Å². The molecule has 0 aromatic heterocycles. The van der Waals surface area contributed by atoms with Crippen LogP contribution in [0.15, 0.2) is 18.2 Å². The highest BCUT2D eigenvalue weighted by Crippen LogP contribution is 2.31. The first kappa shape index (κ1) is 21.3. The van der Waals surface area contributed by atoms with Gasteiger partial charge in [0, 0.05) is 31.7 Å². The van der Waals surface area contributed by atoms with E-state index in [-0.39, 0.29) is 24.5 Å². The summed E-state index contributed by atoms with van der Waals surface area (Å²) >= 11 is 0. The van der Waals surface area contributed by atoms with Gasteiger partial charge in [-0.2, -0.15) is 0 Å². The minimum atomic E-state index is -0.146. The third-order valence-corrected chi connectivity index (χ3v) is 6.74. The molecule has 0 bridgehead atoms. The van der Waals surface area contributed by atoms with E-state index in [1.165, 1.54) is 32.2 Å². The van der Waals surface area contributed by atoms with Crippen LogP contribution < -0.4 is 5.32 Å². The fraction of sp³-hybridized carbons (Fsp3) is 0.667. The predicted octanol–water partition coefficient (Wildman–Crippen LogP) is 2.38. The highest BCUT2D eigenvalue weighted by Gasteiger charge is 2.31. The maximum Gasteiger partial charge on any atom is 0.251 e. The van der Waals surface area contributed by atoms with Crippen LogP contribution >= 0.6 is 0 Å². The van der Waals surface area contributed by atoms with E-state index in [0.29, 0.717) is 24.6 Å². The van der Waals surface area contributed by atoms with Crippen LogP contribution in [0.2, 0.25) is 0 Å². The van der Waals surface area contributed by atoms with Crippen LogP contribution in [0.1, 0.15) is 47.2 Å². The molecule has 1 saturated carbocycles. The lowest BCUT2D eigenvalue weighted by molar-refractivity contribution is -0.149. The molecule has 1 N–H and O–H groups in total. The fourth-order valence-electron chi connectivity index (χ4n) is 4.68. The van der Waals surface area contributed by atoms with E-state index in [2.05, 4.69) is 10.2 Å². The monoisotopic (exact) mass is 413 g/mol. The first-order chi connectivity index (χ1) is 14.5. The highest BCUT2D eigenvalue weighted by atomic mass is 16.5. The van der Waals surface area contributed by atoms with Gasteiger partial charge in [0.25, 0.3) is 5.91 Å². The van der Waals surface area contributed by atoms with Gasteiger partial charge in [0.1, 0.15) is 6.61 Å². The summed E-state index contributed by atoms with van der Waals surface area (Å²) in [4.78, 5) is 29.5. The van der Waals surface area contributed by atoms with Crippen molar-refractivity contribution in [2.75, 3.05) is 45.9 Å². The lowest BCUT2D eigenvalue weighted by Crippen LogP contribution is -2.52. The molecule has 2 amide bonds. The Kier molecular flexibility index (Phi) is 6.74. The van der Waals surface area contributed by atoms with Gasteiger partial charge >= 0.3 is 0 Å². The van der Waals surface area contributed by atoms with E-state index in [1.807, 2.05) is 36.9 Å². The summed E-state index contributed by atoms with van der Waals surface area (Å²) in [5.74, 6) is 1.52. The molecule has 1 aliphatic carbocycles. The van der Waals surface area contributed by atoms with E-state index < -0.39 is 0 Å². The lowest BCUT2D eigenvalue weighted by Gasteiger charge is -2.38. The Balaban J connectivity index is 1.23. The Morgan fingerprint density at radius 3 is 2.53 bits per heavy atom. The normalized spacial score (nSPS) is 23.6. The molecule has 6 heteroatoms. The summed E-state index contributed by atoms with van der Waals surface area (Å²) in [7, 11) is 0. The summed E-state index contributed by atoms with van der Waals surface area (Å²) in [6.45, 7) is 9.49. The van der Waals surface area contributed by atoms with E-state index >= 15 is 0 Å². The number of ether oxygens (including phenoxy) is 1. The second kappa shape index (κ2) is 9.48. The quantitative estimate of drug-likeness (QED) is 0.746. The first-order valence-corrected chi connectivity index (χ1v) is 11.4. The number of hydrogen-bond donors (Lipinski definition) is 1. The van der Waals surface area contributed by atoms with Crippen molar-refractivity contribution in [2.45, 2.75) is 45.6 Å². The molecule has 164 valence electrons. The highest BCUT2D eigenvalue weighted by molar-refractivity contribution is 5.95. The molecule has 6 nitrogen and oxygen atoms in total. The van der Waals surface area contributed by atoms with Crippen molar-refractivity contribution in [3.05, 3.63) is 34.9 Å². The fourth-order valence-corrected chi connectivity index (χ4v) is 4.68. The van der Waals surface area contributed by atoms with Crippen LogP contribution in [0.25, 0.3) is 0 Å². The van der Waals surface area contributed by atoms with Crippen molar-refractivity contribution in [3.63, 3.8) is 0 Å². The Bertz CT molecular complexity index is 769. The Morgan fingerprint density at radius 1 is 1.10 bits per heavy atom. The minimum absolute atomic E-state index is 0.0763. The Hall–Kier alpha value is -1.92. The van der Waals surface area contributed by atoms with Crippen molar-refractivity contribution in [3.8, 4) is 0 Å². The standard InChI is InChI=1S/C24H35N3O3/c1-17-3-6-22(18(2)11-17)24(29)25-12-21-15-27(23(28)16-30-21)14-20-7-9-26(10-8-20)13-19-4-5-19/h3,6,11,19-21H,4-5,7-10,12-16H2,1-2H3,(H,25,29)/t21-/m0/s1. The van der Waals surface area contributed by atoms with Gasteiger partial charge in [0.05, 0.1) is 6.10 Å². The average molecular weight is 414 g/mol. The average Bonchev–Trinajstić information content (AvgIpc) is 3.54. The van der Waals surface area contributed by atoms with Crippen LogP contribution in [0.4, 0.5) is 0 Å². The SMILES string of the molecule is Cc1ccc(C(=O)NC[C@H]2CN(CC3CCN(CC4CC4)CC3)C(=O)CO2)c(C)c1. The van der Waals surface area contributed by atoms with E-state index in [4.69, 9.17) is 4.74 Å². The number of carbonyl (C=O) groups is 2. The van der Waals surface area contributed by atoms with Crippen LogP contribution in [0, 0.1) is 25.7 Å². The van der Waals surface area contributed by atoms with E-state index in [9.17, 15) is 9.59 Å². The van der Waals surface area contributed by atoms with Crippen LogP contribution in [-0.2, 0) is 9.53 Å². The number of morpholine rings is 1.